The molecule has 0 spiro atoms. The second-order valence-corrected chi connectivity index (χ2v) is 4.98. The monoisotopic (exact) mass is 292 g/mol. The minimum atomic E-state index is -0.930. The molecule has 5 heteroatoms. The van der Waals surface area contributed by atoms with E-state index in [1.165, 1.54) is 0 Å². The molecule has 1 aromatic carbocycles. The Morgan fingerprint density at radius 1 is 1.40 bits per heavy atom. The van der Waals surface area contributed by atoms with E-state index in [1.807, 2.05) is 13.0 Å². The zero-order chi connectivity index (χ0) is 15.2. The molecule has 0 aliphatic carbocycles. The predicted octanol–water partition coefficient (Wildman–Crippen LogP) is 2.59. The molecule has 0 aliphatic rings. The Balaban J connectivity index is 2.63. The van der Waals surface area contributed by atoms with Crippen molar-refractivity contribution >= 4 is 23.5 Å². The molecule has 0 bridgehead atoms. The molecule has 0 fully saturated rings. The summed E-state index contributed by atoms with van der Waals surface area (Å²) >= 11 is 6.01. The molecule has 2 atom stereocenters. The summed E-state index contributed by atoms with van der Waals surface area (Å²) in [6.07, 6.45) is 5.89. The molecule has 0 aromatic heterocycles. The number of hydrogen-bond donors (Lipinski definition) is 2. The van der Waals surface area contributed by atoms with Crippen molar-refractivity contribution in [2.45, 2.75) is 31.2 Å². The molecule has 106 valence electrons. The molecular formula is C15H17ClN2O2. The Hall–Kier alpha value is -1.99. The van der Waals surface area contributed by atoms with Crippen LogP contribution in [0.25, 0.3) is 0 Å². The quantitative estimate of drug-likeness (QED) is 0.662. The highest BCUT2D eigenvalue weighted by Crippen LogP contribution is 2.19. The summed E-state index contributed by atoms with van der Waals surface area (Å²) in [6.45, 7) is 3.54. The van der Waals surface area contributed by atoms with Crippen LogP contribution in [0.5, 0.6) is 0 Å². The lowest BCUT2D eigenvalue weighted by molar-refractivity contribution is -0.119. The Morgan fingerprint density at radius 3 is 2.50 bits per heavy atom. The van der Waals surface area contributed by atoms with Crippen LogP contribution in [0.1, 0.15) is 31.2 Å². The molecule has 0 unspecified atom stereocenters. The SMILES string of the molecule is C#C[C@](C)(CC)NC(=O)NC(=O)[C@H](Cl)c1ccccc1. The van der Waals surface area contributed by atoms with Crippen molar-refractivity contribution in [1.29, 1.82) is 0 Å². The molecule has 1 aromatic rings. The zero-order valence-corrected chi connectivity index (χ0v) is 12.2. The van der Waals surface area contributed by atoms with Gasteiger partial charge in [-0.2, -0.15) is 0 Å². The van der Waals surface area contributed by atoms with Crippen LogP contribution in [0.4, 0.5) is 4.79 Å². The normalized spacial score (nSPS) is 14.5. The molecule has 2 N–H and O–H groups in total. The highest BCUT2D eigenvalue weighted by atomic mass is 35.5. The fourth-order valence-corrected chi connectivity index (χ4v) is 1.66. The van der Waals surface area contributed by atoms with Crippen LogP contribution in [-0.4, -0.2) is 17.5 Å². The smallest absolute Gasteiger partial charge is 0.322 e. The Bertz CT molecular complexity index is 524. The van der Waals surface area contributed by atoms with Crippen LogP contribution in [0.3, 0.4) is 0 Å². The first-order valence-electron chi connectivity index (χ1n) is 6.21. The molecular weight excluding hydrogens is 276 g/mol. The fraction of sp³-hybridized carbons (Fsp3) is 0.333. The summed E-state index contributed by atoms with van der Waals surface area (Å²) in [4.78, 5) is 23.6. The number of rotatable bonds is 4. The van der Waals surface area contributed by atoms with E-state index in [4.69, 9.17) is 18.0 Å². The van der Waals surface area contributed by atoms with Crippen LogP contribution in [0.15, 0.2) is 30.3 Å². The summed E-state index contributed by atoms with van der Waals surface area (Å²) in [6, 6.07) is 8.13. The first-order valence-corrected chi connectivity index (χ1v) is 6.65. The van der Waals surface area contributed by atoms with Gasteiger partial charge in [-0.3, -0.25) is 10.1 Å². The number of nitrogens with one attached hydrogen (secondary N) is 2. The van der Waals surface area contributed by atoms with Gasteiger partial charge in [-0.05, 0) is 18.9 Å². The number of carbonyl (C=O) groups excluding carboxylic acids is 2. The molecule has 0 radical (unpaired) electrons. The van der Waals surface area contributed by atoms with E-state index in [9.17, 15) is 9.59 Å². The largest absolute Gasteiger partial charge is 0.322 e. The molecule has 0 saturated carbocycles. The molecule has 4 nitrogen and oxygen atoms in total. The second kappa shape index (κ2) is 6.97. The summed E-state index contributed by atoms with van der Waals surface area (Å²) in [5.74, 6) is 1.89. The van der Waals surface area contributed by atoms with E-state index in [0.717, 1.165) is 0 Å². The lowest BCUT2D eigenvalue weighted by atomic mass is 10.0. The Morgan fingerprint density at radius 2 is 2.00 bits per heavy atom. The minimum absolute atomic E-state index is 0.550. The first-order chi connectivity index (χ1) is 9.41. The van der Waals surface area contributed by atoms with Crippen molar-refractivity contribution in [3.63, 3.8) is 0 Å². The first kappa shape index (κ1) is 16.1. The number of carbonyl (C=O) groups is 2. The van der Waals surface area contributed by atoms with Crippen molar-refractivity contribution in [2.24, 2.45) is 0 Å². The Kier molecular flexibility index (Phi) is 5.60. The van der Waals surface area contributed by atoms with Crippen LogP contribution in [-0.2, 0) is 4.79 Å². The summed E-state index contributed by atoms with van der Waals surface area (Å²) < 4.78 is 0. The lowest BCUT2D eigenvalue weighted by Gasteiger charge is -2.23. The molecule has 20 heavy (non-hydrogen) atoms. The van der Waals surface area contributed by atoms with Crippen molar-refractivity contribution < 1.29 is 9.59 Å². The number of terminal acetylenes is 1. The molecule has 0 saturated heterocycles. The molecule has 1 rings (SSSR count). The van der Waals surface area contributed by atoms with Gasteiger partial charge >= 0.3 is 6.03 Å². The standard InChI is InChI=1S/C15H17ClN2O2/c1-4-15(3,5-2)18-14(20)17-13(19)12(16)11-9-7-6-8-10-11/h1,6-10,12H,5H2,2-3H3,(H2,17,18,19,20)/t12-,15-/m1/s1. The van der Waals surface area contributed by atoms with Gasteiger partial charge in [0.15, 0.2) is 0 Å². The van der Waals surface area contributed by atoms with Gasteiger partial charge in [-0.1, -0.05) is 43.2 Å². The van der Waals surface area contributed by atoms with Crippen molar-refractivity contribution in [2.75, 3.05) is 0 Å². The Labute approximate surface area is 123 Å². The molecule has 0 heterocycles. The highest BCUT2D eigenvalue weighted by molar-refractivity contribution is 6.31. The van der Waals surface area contributed by atoms with Gasteiger partial charge < -0.3 is 5.32 Å². The predicted molar refractivity (Wildman–Crippen MR) is 79.2 cm³/mol. The van der Waals surface area contributed by atoms with E-state index < -0.39 is 22.9 Å². The average Bonchev–Trinajstić information content (AvgIpc) is 2.46. The van der Waals surface area contributed by atoms with Crippen LogP contribution in [0.2, 0.25) is 0 Å². The van der Waals surface area contributed by atoms with Gasteiger partial charge in [0, 0.05) is 0 Å². The van der Waals surface area contributed by atoms with Gasteiger partial charge in [0.2, 0.25) is 0 Å². The fourth-order valence-electron chi connectivity index (χ4n) is 1.46. The van der Waals surface area contributed by atoms with Crippen molar-refractivity contribution in [3.05, 3.63) is 35.9 Å². The summed E-state index contributed by atoms with van der Waals surface area (Å²) in [5, 5.41) is 3.82. The van der Waals surface area contributed by atoms with Gasteiger partial charge in [0.1, 0.15) is 5.38 Å². The van der Waals surface area contributed by atoms with Gasteiger partial charge in [0.25, 0.3) is 5.91 Å². The summed E-state index contributed by atoms with van der Waals surface area (Å²) in [7, 11) is 0. The van der Waals surface area contributed by atoms with Crippen molar-refractivity contribution in [3.8, 4) is 12.3 Å². The van der Waals surface area contributed by atoms with Crippen LogP contribution >= 0.6 is 11.6 Å². The summed E-state index contributed by atoms with van der Waals surface area (Å²) in [5.41, 5.74) is -0.173. The third kappa shape index (κ3) is 4.29. The second-order valence-electron chi connectivity index (χ2n) is 4.55. The number of benzene rings is 1. The number of imide groups is 1. The van der Waals surface area contributed by atoms with Crippen LogP contribution < -0.4 is 10.6 Å². The molecule has 0 aliphatic heterocycles. The maximum absolute atomic E-state index is 11.9. The average molecular weight is 293 g/mol. The minimum Gasteiger partial charge on any atom is -0.322 e. The van der Waals surface area contributed by atoms with E-state index >= 15 is 0 Å². The van der Waals surface area contributed by atoms with Gasteiger partial charge in [-0.25, -0.2) is 4.79 Å². The zero-order valence-electron chi connectivity index (χ0n) is 11.4. The number of alkyl halides is 1. The third-order valence-electron chi connectivity index (χ3n) is 2.97. The van der Waals surface area contributed by atoms with Crippen molar-refractivity contribution in [1.82, 2.24) is 10.6 Å². The van der Waals surface area contributed by atoms with Crippen LogP contribution in [0, 0.1) is 12.3 Å². The van der Waals surface area contributed by atoms with Gasteiger partial charge in [0.05, 0.1) is 5.54 Å². The maximum atomic E-state index is 11.9. The van der Waals surface area contributed by atoms with Gasteiger partial charge in [-0.15, -0.1) is 18.0 Å². The number of halogens is 1. The molecule has 3 amide bonds. The lowest BCUT2D eigenvalue weighted by Crippen LogP contribution is -2.51. The number of hydrogen-bond acceptors (Lipinski definition) is 2. The number of amides is 3. The van der Waals surface area contributed by atoms with E-state index in [0.29, 0.717) is 12.0 Å². The number of urea groups is 1. The highest BCUT2D eigenvalue weighted by Gasteiger charge is 2.24. The van der Waals surface area contributed by atoms with E-state index in [1.54, 1.807) is 31.2 Å². The van der Waals surface area contributed by atoms with E-state index in [-0.39, 0.29) is 0 Å². The van der Waals surface area contributed by atoms with E-state index in [2.05, 4.69) is 16.6 Å². The third-order valence-corrected chi connectivity index (χ3v) is 3.42. The topological polar surface area (TPSA) is 58.2 Å². The maximum Gasteiger partial charge on any atom is 0.322 e.